The Kier molecular flexibility index (Phi) is 7.35. The predicted molar refractivity (Wildman–Crippen MR) is 142 cm³/mol. The molecule has 1 amide bonds. The van der Waals surface area contributed by atoms with Crippen molar-refractivity contribution >= 4 is 17.5 Å². The highest BCUT2D eigenvalue weighted by Gasteiger charge is 2.49. The Balaban J connectivity index is 1.37. The van der Waals surface area contributed by atoms with E-state index in [-0.39, 0.29) is 35.4 Å². The Morgan fingerprint density at radius 1 is 1.00 bits per heavy atom. The molecule has 0 radical (unpaired) electrons. The van der Waals surface area contributed by atoms with Gasteiger partial charge in [0.2, 0.25) is 5.91 Å². The van der Waals surface area contributed by atoms with Gasteiger partial charge in [-0.1, -0.05) is 67.9 Å². The number of aromatic nitrogens is 1. The lowest BCUT2D eigenvalue weighted by molar-refractivity contribution is -0.152. The Labute approximate surface area is 222 Å². The van der Waals surface area contributed by atoms with Crippen LogP contribution in [0.1, 0.15) is 36.6 Å². The molecule has 5 atom stereocenters. The highest BCUT2D eigenvalue weighted by molar-refractivity contribution is 6.30. The summed E-state index contributed by atoms with van der Waals surface area (Å²) in [6, 6.07) is 20.1. The van der Waals surface area contributed by atoms with Crippen molar-refractivity contribution in [2.24, 2.45) is 17.8 Å². The molecule has 2 aromatic carbocycles. The molecule has 2 aliphatic heterocycles. The summed E-state index contributed by atoms with van der Waals surface area (Å²) in [5.74, 6) is -0.939. The molecule has 3 heterocycles. The van der Waals surface area contributed by atoms with Crippen molar-refractivity contribution < 1.29 is 14.3 Å². The van der Waals surface area contributed by atoms with Gasteiger partial charge < -0.3 is 10.0 Å². The van der Waals surface area contributed by atoms with Crippen molar-refractivity contribution in [1.29, 1.82) is 0 Å². The van der Waals surface area contributed by atoms with E-state index in [0.29, 0.717) is 30.2 Å². The second-order valence-electron chi connectivity index (χ2n) is 10.7. The predicted octanol–water partition coefficient (Wildman–Crippen LogP) is 5.09. The molecule has 1 N–H and O–H groups in total. The number of amides is 1. The van der Waals surface area contributed by atoms with Crippen LogP contribution in [0.15, 0.2) is 72.9 Å². The highest BCUT2D eigenvalue weighted by Crippen LogP contribution is 2.43. The zero-order valence-electron chi connectivity index (χ0n) is 21.2. The summed E-state index contributed by atoms with van der Waals surface area (Å²) in [6.07, 6.45) is 1.64. The summed E-state index contributed by atoms with van der Waals surface area (Å²) in [5, 5.41) is 12.3. The summed E-state index contributed by atoms with van der Waals surface area (Å²) in [7, 11) is 0. The first-order chi connectivity index (χ1) is 17.8. The molecule has 7 heteroatoms. The lowest BCUT2D eigenvalue weighted by Gasteiger charge is -2.48. The van der Waals surface area contributed by atoms with Crippen LogP contribution in [0.5, 0.6) is 0 Å². The normalized spacial score (nSPS) is 28.4. The van der Waals surface area contributed by atoms with Crippen LogP contribution in [0.25, 0.3) is 0 Å². The SMILES string of the molecule is C[C@@H]1CN(C(=O)[C@@H]2CN(Cc3ccccc3)C[C@H]2c2ccc(Cl)cn2)C[C@H](C)C1(O)c1ccc(F)cc1. The Bertz CT molecular complexity index is 1210. The maximum atomic E-state index is 14.0. The minimum Gasteiger partial charge on any atom is -0.384 e. The van der Waals surface area contributed by atoms with E-state index >= 15 is 0 Å². The van der Waals surface area contributed by atoms with Gasteiger partial charge in [-0.25, -0.2) is 4.39 Å². The second kappa shape index (κ2) is 10.5. The molecule has 0 aliphatic carbocycles. The third-order valence-electron chi connectivity index (χ3n) is 8.20. The smallest absolute Gasteiger partial charge is 0.227 e. The summed E-state index contributed by atoms with van der Waals surface area (Å²) in [5.41, 5.74) is 1.65. The van der Waals surface area contributed by atoms with Crippen molar-refractivity contribution in [1.82, 2.24) is 14.8 Å². The molecule has 2 fully saturated rings. The summed E-state index contributed by atoms with van der Waals surface area (Å²) in [4.78, 5) is 22.9. The number of benzene rings is 2. The number of carbonyl (C=O) groups excluding carboxylic acids is 1. The molecule has 194 valence electrons. The first-order valence-corrected chi connectivity index (χ1v) is 13.3. The molecule has 5 rings (SSSR count). The summed E-state index contributed by atoms with van der Waals surface area (Å²) < 4.78 is 13.5. The molecule has 1 aromatic heterocycles. The number of aliphatic hydroxyl groups is 1. The molecule has 5 nitrogen and oxygen atoms in total. The standard InChI is InChI=1S/C30H33ClFN3O2/c1-20-15-35(16-21(2)30(20,37)23-8-11-25(32)12-9-23)29(36)27-19-34(17-22-6-4-3-5-7-22)18-26(27)28-13-10-24(31)14-33-28/h3-14,20-21,26-27,37H,15-19H2,1-2H3/t20-,21+,26-,27-,30?/m1/s1. The van der Waals surface area contributed by atoms with Crippen LogP contribution in [0, 0.1) is 23.6 Å². The van der Waals surface area contributed by atoms with Gasteiger partial charge in [-0.05, 0) is 35.4 Å². The first kappa shape index (κ1) is 25.8. The van der Waals surface area contributed by atoms with Crippen LogP contribution in [0.3, 0.4) is 0 Å². The van der Waals surface area contributed by atoms with Gasteiger partial charge in [-0.2, -0.15) is 0 Å². The molecule has 37 heavy (non-hydrogen) atoms. The van der Waals surface area contributed by atoms with E-state index in [1.165, 1.54) is 17.7 Å². The third-order valence-corrected chi connectivity index (χ3v) is 8.42. The minimum atomic E-state index is -1.13. The lowest BCUT2D eigenvalue weighted by atomic mass is 9.70. The highest BCUT2D eigenvalue weighted by atomic mass is 35.5. The fourth-order valence-corrected chi connectivity index (χ4v) is 6.32. The summed E-state index contributed by atoms with van der Waals surface area (Å²) >= 11 is 6.10. The van der Waals surface area contributed by atoms with Crippen molar-refractivity contribution in [3.8, 4) is 0 Å². The lowest BCUT2D eigenvalue weighted by Crippen LogP contribution is -2.57. The van der Waals surface area contributed by atoms with Crippen molar-refractivity contribution in [3.05, 3.63) is 101 Å². The maximum Gasteiger partial charge on any atom is 0.227 e. The number of pyridine rings is 1. The van der Waals surface area contributed by atoms with Crippen LogP contribution < -0.4 is 0 Å². The van der Waals surface area contributed by atoms with Crippen LogP contribution in [-0.4, -0.2) is 52.0 Å². The topological polar surface area (TPSA) is 56.7 Å². The molecular weight excluding hydrogens is 489 g/mol. The van der Waals surface area contributed by atoms with Gasteiger partial charge in [-0.3, -0.25) is 14.7 Å². The molecule has 0 saturated carbocycles. The number of nitrogens with zero attached hydrogens (tertiary/aromatic N) is 3. The zero-order valence-corrected chi connectivity index (χ0v) is 22.0. The van der Waals surface area contributed by atoms with Gasteiger partial charge in [0.15, 0.2) is 0 Å². The first-order valence-electron chi connectivity index (χ1n) is 12.9. The number of hydrogen-bond acceptors (Lipinski definition) is 4. The molecule has 1 unspecified atom stereocenters. The maximum absolute atomic E-state index is 14.0. The Morgan fingerprint density at radius 3 is 2.30 bits per heavy atom. The molecule has 0 spiro atoms. The molecule has 3 aromatic rings. The minimum absolute atomic E-state index is 0.0444. The number of halogens is 2. The van der Waals surface area contributed by atoms with E-state index in [1.54, 1.807) is 18.3 Å². The zero-order chi connectivity index (χ0) is 26.2. The van der Waals surface area contributed by atoms with E-state index in [4.69, 9.17) is 11.6 Å². The van der Waals surface area contributed by atoms with Crippen molar-refractivity contribution in [2.75, 3.05) is 26.2 Å². The quantitative estimate of drug-likeness (QED) is 0.508. The molecule has 2 aliphatic rings. The monoisotopic (exact) mass is 521 g/mol. The van der Waals surface area contributed by atoms with E-state index in [1.807, 2.05) is 49.1 Å². The number of piperidine rings is 1. The fraction of sp³-hybridized carbons (Fsp3) is 0.400. The van der Waals surface area contributed by atoms with Crippen molar-refractivity contribution in [3.63, 3.8) is 0 Å². The van der Waals surface area contributed by atoms with Crippen molar-refractivity contribution in [2.45, 2.75) is 31.9 Å². The van der Waals surface area contributed by atoms with E-state index in [9.17, 15) is 14.3 Å². The average molecular weight is 522 g/mol. The largest absolute Gasteiger partial charge is 0.384 e. The second-order valence-corrected chi connectivity index (χ2v) is 11.1. The van der Waals surface area contributed by atoms with Gasteiger partial charge in [0.05, 0.1) is 16.5 Å². The number of carbonyl (C=O) groups is 1. The van der Waals surface area contributed by atoms with Crippen LogP contribution >= 0.6 is 11.6 Å². The van der Waals surface area contributed by atoms with E-state index < -0.39 is 5.60 Å². The molecule has 2 saturated heterocycles. The van der Waals surface area contributed by atoms with Gasteiger partial charge in [-0.15, -0.1) is 0 Å². The van der Waals surface area contributed by atoms with Gasteiger partial charge in [0.1, 0.15) is 5.82 Å². The number of hydrogen-bond donors (Lipinski definition) is 1. The Hall–Kier alpha value is -2.80. The van der Waals surface area contributed by atoms with Gasteiger partial charge >= 0.3 is 0 Å². The van der Waals surface area contributed by atoms with Crippen LogP contribution in [-0.2, 0) is 16.9 Å². The van der Waals surface area contributed by atoms with Crippen LogP contribution in [0.2, 0.25) is 5.02 Å². The summed E-state index contributed by atoms with van der Waals surface area (Å²) in [6.45, 7) is 6.95. The Morgan fingerprint density at radius 2 is 1.68 bits per heavy atom. The molecular formula is C30H33ClFN3O2. The van der Waals surface area contributed by atoms with Crippen LogP contribution in [0.4, 0.5) is 4.39 Å². The number of rotatable bonds is 5. The van der Waals surface area contributed by atoms with Gasteiger partial charge in [0, 0.05) is 62.4 Å². The number of likely N-dealkylation sites (tertiary alicyclic amines) is 2. The van der Waals surface area contributed by atoms with E-state index in [0.717, 1.165) is 18.8 Å². The third kappa shape index (κ3) is 5.15. The average Bonchev–Trinajstić information content (AvgIpc) is 3.31. The fourth-order valence-electron chi connectivity index (χ4n) is 6.21. The van der Waals surface area contributed by atoms with Gasteiger partial charge in [0.25, 0.3) is 0 Å². The molecule has 0 bridgehead atoms. The van der Waals surface area contributed by atoms with E-state index in [2.05, 4.69) is 22.0 Å².